The van der Waals surface area contributed by atoms with E-state index < -0.39 is 15.6 Å². The van der Waals surface area contributed by atoms with E-state index in [0.29, 0.717) is 37.9 Å². The molecule has 2 N–H and O–H groups in total. The van der Waals surface area contributed by atoms with E-state index in [9.17, 15) is 13.2 Å². The molecule has 7 nitrogen and oxygen atoms in total. The number of nitrogens with zero attached hydrogens (tertiary/aromatic N) is 2. The third-order valence-electron chi connectivity index (χ3n) is 7.46. The summed E-state index contributed by atoms with van der Waals surface area (Å²) < 4.78 is 27.5. The van der Waals surface area contributed by atoms with Crippen molar-refractivity contribution in [3.8, 4) is 0 Å². The monoisotopic (exact) mass is 486 g/mol. The summed E-state index contributed by atoms with van der Waals surface area (Å²) in [6, 6.07) is 6.25. The Balaban J connectivity index is 1.40. The van der Waals surface area contributed by atoms with Gasteiger partial charge in [0.25, 0.3) is 5.91 Å². The number of amidine groups is 1. The summed E-state index contributed by atoms with van der Waals surface area (Å²) in [5.74, 6) is 1.84. The van der Waals surface area contributed by atoms with Crippen LogP contribution in [0.1, 0.15) is 70.4 Å². The van der Waals surface area contributed by atoms with Crippen LogP contribution in [0, 0.1) is 18.8 Å². The van der Waals surface area contributed by atoms with Gasteiger partial charge in [-0.3, -0.25) is 9.79 Å². The van der Waals surface area contributed by atoms with E-state index in [1.54, 1.807) is 6.08 Å². The third kappa shape index (κ3) is 5.38. The van der Waals surface area contributed by atoms with Crippen LogP contribution in [-0.4, -0.2) is 49.1 Å². The van der Waals surface area contributed by atoms with Gasteiger partial charge in [-0.25, -0.2) is 8.42 Å². The van der Waals surface area contributed by atoms with Crippen molar-refractivity contribution in [3.63, 3.8) is 0 Å². The van der Waals surface area contributed by atoms with Crippen LogP contribution in [0.15, 0.2) is 28.6 Å². The molecule has 0 bridgehead atoms. The highest BCUT2D eigenvalue weighted by molar-refractivity contribution is 7.92. The quantitative estimate of drug-likeness (QED) is 0.627. The van der Waals surface area contributed by atoms with Crippen LogP contribution in [0.2, 0.25) is 0 Å². The number of carbonyl (C=O) groups is 1. The minimum Gasteiger partial charge on any atom is -0.383 e. The molecule has 2 fully saturated rings. The van der Waals surface area contributed by atoms with Gasteiger partial charge in [0.1, 0.15) is 11.4 Å². The van der Waals surface area contributed by atoms with Crippen molar-refractivity contribution >= 4 is 33.5 Å². The number of aliphatic imine (C=N–C) groups is 1. The molecule has 2 aliphatic heterocycles. The van der Waals surface area contributed by atoms with Gasteiger partial charge >= 0.3 is 0 Å². The van der Waals surface area contributed by atoms with Crippen molar-refractivity contribution in [2.75, 3.05) is 18.4 Å². The summed E-state index contributed by atoms with van der Waals surface area (Å²) in [6.07, 6.45) is 6.98. The number of piperidine rings is 1. The Morgan fingerprint density at radius 2 is 1.85 bits per heavy atom. The van der Waals surface area contributed by atoms with Crippen molar-refractivity contribution < 1.29 is 13.2 Å². The normalized spacial score (nSPS) is 25.7. The molecule has 186 valence electrons. The molecular formula is C26H38N4O3S. The highest BCUT2D eigenvalue weighted by atomic mass is 32.2. The summed E-state index contributed by atoms with van der Waals surface area (Å²) in [4.78, 5) is 17.7. The van der Waals surface area contributed by atoms with Crippen molar-refractivity contribution in [1.82, 2.24) is 9.62 Å². The molecule has 0 radical (unpaired) electrons. The zero-order valence-electron chi connectivity index (χ0n) is 20.8. The fourth-order valence-corrected chi connectivity index (χ4v) is 6.43. The number of benzene rings is 1. The lowest BCUT2D eigenvalue weighted by atomic mass is 9.82. The first-order chi connectivity index (χ1) is 16.1. The molecule has 0 aromatic heterocycles. The Morgan fingerprint density at radius 3 is 2.47 bits per heavy atom. The fraction of sp³-hybridized carbons (Fsp3) is 0.615. The van der Waals surface area contributed by atoms with Crippen LogP contribution < -0.4 is 10.6 Å². The lowest BCUT2D eigenvalue weighted by Gasteiger charge is -2.34. The molecule has 8 heteroatoms. The number of rotatable bonds is 6. The van der Waals surface area contributed by atoms with Crippen LogP contribution >= 0.6 is 0 Å². The summed E-state index contributed by atoms with van der Waals surface area (Å²) in [7, 11) is -3.57. The van der Waals surface area contributed by atoms with E-state index >= 15 is 0 Å². The lowest BCUT2D eigenvalue weighted by molar-refractivity contribution is -0.124. The molecule has 1 aromatic carbocycles. The van der Waals surface area contributed by atoms with Crippen LogP contribution in [0.5, 0.6) is 0 Å². The second kappa shape index (κ2) is 9.82. The van der Waals surface area contributed by atoms with Gasteiger partial charge in [0, 0.05) is 36.1 Å². The summed E-state index contributed by atoms with van der Waals surface area (Å²) in [6.45, 7) is 9.01. The van der Waals surface area contributed by atoms with Crippen molar-refractivity contribution in [2.24, 2.45) is 16.8 Å². The molecule has 1 saturated carbocycles. The van der Waals surface area contributed by atoms with Gasteiger partial charge in [0.15, 0.2) is 0 Å². The van der Waals surface area contributed by atoms with Crippen LogP contribution in [-0.2, 0) is 14.8 Å². The number of aryl methyl sites for hydroxylation is 1. The van der Waals surface area contributed by atoms with Crippen molar-refractivity contribution in [3.05, 3.63) is 34.7 Å². The van der Waals surface area contributed by atoms with Crippen LogP contribution in [0.25, 0.3) is 6.08 Å². The Kier molecular flexibility index (Phi) is 7.20. The number of nitrogens with one attached hydrogen (secondary N) is 2. The first-order valence-electron chi connectivity index (χ1n) is 12.5. The van der Waals surface area contributed by atoms with Gasteiger partial charge < -0.3 is 10.6 Å². The predicted octanol–water partition coefficient (Wildman–Crippen LogP) is 4.31. The largest absolute Gasteiger partial charge is 0.383 e. The maximum Gasteiger partial charge on any atom is 0.253 e. The second-order valence-electron chi connectivity index (χ2n) is 10.6. The fourth-order valence-electron chi connectivity index (χ4n) is 5.25. The Bertz CT molecular complexity index is 1080. The average molecular weight is 487 g/mol. The van der Waals surface area contributed by atoms with Crippen LogP contribution in [0.3, 0.4) is 0 Å². The summed E-state index contributed by atoms with van der Waals surface area (Å²) >= 11 is 0. The molecule has 1 amide bonds. The maximum atomic E-state index is 13.0. The van der Waals surface area contributed by atoms with Crippen molar-refractivity contribution in [2.45, 2.75) is 77.8 Å². The standard InChI is InChI=1S/C26H38N4O3S/c1-18(2)27-23-10-9-21(20(4)17-23)11-16-34(32,33)30-14-12-26(13-15-30)25(31)28-24(29-26)22-7-5-19(3)6-8-22/h9-11,16-19,22,27H,5-8,12-15H2,1-4H3,(H,28,29,31)/b16-11+. The summed E-state index contributed by atoms with van der Waals surface area (Å²) in [5, 5.41) is 7.69. The minimum atomic E-state index is -3.57. The SMILES string of the molecule is Cc1cc(NC(C)C)ccc1/C=C/S(=O)(=O)N1CCC2(CC1)N=C(C1CCC(C)CC1)NC2=O. The lowest BCUT2D eigenvalue weighted by Crippen LogP contribution is -2.50. The number of carbonyl (C=O) groups excluding carboxylic acids is 1. The van der Waals surface area contributed by atoms with Gasteiger partial charge in [-0.05, 0) is 81.7 Å². The van der Waals surface area contributed by atoms with Gasteiger partial charge in [0.2, 0.25) is 10.0 Å². The van der Waals surface area contributed by atoms with E-state index in [1.165, 1.54) is 22.6 Å². The highest BCUT2D eigenvalue weighted by Gasteiger charge is 2.48. The molecule has 3 aliphatic rings. The Labute approximate surface area is 204 Å². The molecule has 1 aliphatic carbocycles. The number of hydrogen-bond acceptors (Lipinski definition) is 5. The molecule has 2 heterocycles. The third-order valence-corrected chi connectivity index (χ3v) is 9.02. The molecule has 1 spiro atoms. The first-order valence-corrected chi connectivity index (χ1v) is 14.0. The van der Waals surface area contributed by atoms with E-state index in [2.05, 4.69) is 31.4 Å². The van der Waals surface area contributed by atoms with E-state index in [1.807, 2.05) is 25.1 Å². The molecule has 0 unspecified atom stereocenters. The molecule has 1 saturated heterocycles. The minimum absolute atomic E-state index is 0.0561. The smallest absolute Gasteiger partial charge is 0.253 e. The Hall–Kier alpha value is -2.19. The molecule has 34 heavy (non-hydrogen) atoms. The maximum absolute atomic E-state index is 13.0. The zero-order valence-corrected chi connectivity index (χ0v) is 21.6. The molecule has 0 atom stereocenters. The van der Waals surface area contributed by atoms with E-state index in [0.717, 1.165) is 41.4 Å². The Morgan fingerprint density at radius 1 is 1.18 bits per heavy atom. The topological polar surface area (TPSA) is 90.9 Å². The van der Waals surface area contributed by atoms with Crippen molar-refractivity contribution in [1.29, 1.82) is 0 Å². The number of sulfonamides is 1. The second-order valence-corrected chi connectivity index (χ2v) is 12.4. The summed E-state index contributed by atoms with van der Waals surface area (Å²) in [5.41, 5.74) is 2.10. The number of hydrogen-bond donors (Lipinski definition) is 2. The van der Waals surface area contributed by atoms with Crippen LogP contribution in [0.4, 0.5) is 5.69 Å². The highest BCUT2D eigenvalue weighted by Crippen LogP contribution is 2.36. The molecule has 4 rings (SSSR count). The number of amides is 1. The molecule has 1 aromatic rings. The van der Waals surface area contributed by atoms with Gasteiger partial charge in [-0.1, -0.05) is 25.8 Å². The van der Waals surface area contributed by atoms with Gasteiger partial charge in [-0.2, -0.15) is 4.31 Å². The average Bonchev–Trinajstić information content (AvgIpc) is 3.09. The van der Waals surface area contributed by atoms with E-state index in [4.69, 9.17) is 4.99 Å². The zero-order chi connectivity index (χ0) is 24.5. The van der Waals surface area contributed by atoms with Gasteiger partial charge in [0.05, 0.1) is 0 Å². The first kappa shape index (κ1) is 24.9. The van der Waals surface area contributed by atoms with E-state index in [-0.39, 0.29) is 5.91 Å². The molecular weight excluding hydrogens is 448 g/mol. The number of anilines is 1. The van der Waals surface area contributed by atoms with Gasteiger partial charge in [-0.15, -0.1) is 0 Å². The predicted molar refractivity (Wildman–Crippen MR) is 138 cm³/mol.